The Bertz CT molecular complexity index is 531. The Morgan fingerprint density at radius 1 is 1.65 bits per heavy atom. The number of nitriles is 1. The fourth-order valence-electron chi connectivity index (χ4n) is 1.30. The van der Waals surface area contributed by atoms with Gasteiger partial charge in [0.25, 0.3) is 6.43 Å². The minimum atomic E-state index is -2.98. The summed E-state index contributed by atoms with van der Waals surface area (Å²) in [4.78, 5) is 24.0. The number of carbonyl (C=O) groups is 1. The molecule has 0 amide bonds. The summed E-state index contributed by atoms with van der Waals surface area (Å²) in [6.07, 6.45) is -3.47. The molecule has 0 aliphatic heterocycles. The van der Waals surface area contributed by atoms with Gasteiger partial charge >= 0.3 is 5.97 Å². The van der Waals surface area contributed by atoms with E-state index in [1.54, 1.807) is 6.07 Å². The number of rotatable bonds is 3. The van der Waals surface area contributed by atoms with Crippen LogP contribution in [0, 0.1) is 11.3 Å². The molecule has 0 aromatic carbocycles. The highest BCUT2D eigenvalue weighted by atomic mass is 19.3. The number of nitrogens with zero attached hydrogens (tertiary/aromatic N) is 1. The van der Waals surface area contributed by atoms with Crippen LogP contribution in [0.15, 0.2) is 10.9 Å². The summed E-state index contributed by atoms with van der Waals surface area (Å²) in [5.74, 6) is -0.768. The van der Waals surface area contributed by atoms with Gasteiger partial charge in [-0.25, -0.2) is 8.78 Å². The van der Waals surface area contributed by atoms with E-state index in [1.807, 2.05) is 4.98 Å². The van der Waals surface area contributed by atoms with E-state index in [9.17, 15) is 18.4 Å². The lowest BCUT2D eigenvalue weighted by Crippen LogP contribution is -2.16. The molecule has 90 valence electrons. The molecule has 0 aliphatic carbocycles. The number of pyridine rings is 1. The predicted molar refractivity (Wildman–Crippen MR) is 52.5 cm³/mol. The molecule has 0 spiro atoms. The number of esters is 1. The van der Waals surface area contributed by atoms with Crippen LogP contribution in [0.1, 0.15) is 23.2 Å². The van der Waals surface area contributed by atoms with E-state index >= 15 is 0 Å². The first kappa shape index (κ1) is 12.8. The number of aromatic amines is 1. The number of aromatic nitrogens is 1. The molecule has 5 nitrogen and oxygen atoms in total. The molecule has 0 radical (unpaired) electrons. The van der Waals surface area contributed by atoms with Crippen molar-refractivity contribution in [2.75, 3.05) is 7.11 Å². The van der Waals surface area contributed by atoms with E-state index in [0.29, 0.717) is 0 Å². The monoisotopic (exact) mass is 242 g/mol. The van der Waals surface area contributed by atoms with Crippen molar-refractivity contribution in [1.29, 1.82) is 5.26 Å². The van der Waals surface area contributed by atoms with Crippen molar-refractivity contribution in [2.24, 2.45) is 0 Å². The van der Waals surface area contributed by atoms with E-state index < -0.39 is 30.1 Å². The largest absolute Gasteiger partial charge is 0.469 e. The van der Waals surface area contributed by atoms with E-state index in [-0.39, 0.29) is 11.1 Å². The van der Waals surface area contributed by atoms with Crippen LogP contribution >= 0.6 is 0 Å². The van der Waals surface area contributed by atoms with Crippen molar-refractivity contribution < 1.29 is 18.3 Å². The molecule has 1 aromatic rings. The van der Waals surface area contributed by atoms with Gasteiger partial charge in [0.05, 0.1) is 30.9 Å². The summed E-state index contributed by atoms with van der Waals surface area (Å²) >= 11 is 0. The van der Waals surface area contributed by atoms with E-state index in [1.165, 1.54) is 0 Å². The fraction of sp³-hybridized carbons (Fsp3) is 0.300. The molecule has 0 aliphatic rings. The molecule has 17 heavy (non-hydrogen) atoms. The number of carbonyl (C=O) groups excluding carboxylic acids is 1. The summed E-state index contributed by atoms with van der Waals surface area (Å²) in [6.45, 7) is 0. The van der Waals surface area contributed by atoms with E-state index in [2.05, 4.69) is 4.74 Å². The number of nitrogens with one attached hydrogen (secondary N) is 1. The quantitative estimate of drug-likeness (QED) is 0.798. The second-order valence-electron chi connectivity index (χ2n) is 3.10. The second kappa shape index (κ2) is 5.21. The van der Waals surface area contributed by atoms with Gasteiger partial charge in [0.15, 0.2) is 0 Å². The molecular weight excluding hydrogens is 234 g/mol. The molecule has 0 unspecified atom stereocenters. The van der Waals surface area contributed by atoms with Crippen LogP contribution < -0.4 is 5.56 Å². The Hall–Kier alpha value is -2.23. The van der Waals surface area contributed by atoms with Crippen LogP contribution in [0.25, 0.3) is 0 Å². The number of H-pyrrole nitrogens is 1. The maximum absolute atomic E-state index is 12.6. The molecule has 0 saturated heterocycles. The Morgan fingerprint density at radius 3 is 2.76 bits per heavy atom. The van der Waals surface area contributed by atoms with Crippen molar-refractivity contribution in [3.8, 4) is 6.07 Å². The van der Waals surface area contributed by atoms with Crippen molar-refractivity contribution in [2.45, 2.75) is 12.8 Å². The molecule has 0 bridgehead atoms. The lowest BCUT2D eigenvalue weighted by atomic mass is 10.0. The summed E-state index contributed by atoms with van der Waals surface area (Å²) in [7, 11) is 1.10. The first-order chi connectivity index (χ1) is 7.99. The van der Waals surface area contributed by atoms with Gasteiger partial charge < -0.3 is 9.72 Å². The number of ether oxygens (including phenoxy) is 1. The summed E-state index contributed by atoms with van der Waals surface area (Å²) in [5, 5.41) is 8.73. The lowest BCUT2D eigenvalue weighted by Gasteiger charge is -2.08. The second-order valence-corrected chi connectivity index (χ2v) is 3.10. The lowest BCUT2D eigenvalue weighted by molar-refractivity contribution is -0.139. The number of halogens is 2. The SMILES string of the molecule is COC(=O)Cc1c(C#N)cc(=O)[nH]c1C(F)F. The highest BCUT2D eigenvalue weighted by Crippen LogP contribution is 2.22. The van der Waals surface area contributed by atoms with Crippen molar-refractivity contribution in [1.82, 2.24) is 4.98 Å². The number of hydrogen-bond donors (Lipinski definition) is 1. The van der Waals surface area contributed by atoms with E-state index in [4.69, 9.17) is 5.26 Å². The Balaban J connectivity index is 3.38. The number of hydrogen-bond acceptors (Lipinski definition) is 4. The molecule has 0 saturated carbocycles. The molecule has 1 rings (SSSR count). The maximum Gasteiger partial charge on any atom is 0.310 e. The van der Waals surface area contributed by atoms with Gasteiger partial charge in [0.1, 0.15) is 0 Å². The summed E-state index contributed by atoms with van der Waals surface area (Å²) in [5.41, 5.74) is -2.01. The van der Waals surface area contributed by atoms with Gasteiger partial charge in [-0.3, -0.25) is 9.59 Å². The smallest absolute Gasteiger partial charge is 0.310 e. The van der Waals surface area contributed by atoms with Gasteiger partial charge in [-0.05, 0) is 0 Å². The topological polar surface area (TPSA) is 82.9 Å². The third kappa shape index (κ3) is 2.87. The zero-order chi connectivity index (χ0) is 13.0. The molecule has 1 aromatic heterocycles. The van der Waals surface area contributed by atoms with Gasteiger partial charge in [0.2, 0.25) is 5.56 Å². The standard InChI is InChI=1S/C10H8F2N2O3/c1-17-8(16)3-6-5(4-13)2-7(15)14-9(6)10(11)12/h2,10H,3H2,1H3,(H,14,15). The zero-order valence-electron chi connectivity index (χ0n) is 8.79. The first-order valence-corrected chi connectivity index (χ1v) is 4.50. The molecular formula is C10H8F2N2O3. The van der Waals surface area contributed by atoms with Crippen LogP contribution in [0.5, 0.6) is 0 Å². The molecule has 1 N–H and O–H groups in total. The van der Waals surface area contributed by atoms with Crippen LogP contribution in [-0.2, 0) is 16.0 Å². The van der Waals surface area contributed by atoms with Crippen molar-refractivity contribution in [3.63, 3.8) is 0 Å². The van der Waals surface area contributed by atoms with Gasteiger partial charge in [-0.1, -0.05) is 0 Å². The fourth-order valence-corrected chi connectivity index (χ4v) is 1.30. The first-order valence-electron chi connectivity index (χ1n) is 4.50. The highest BCUT2D eigenvalue weighted by Gasteiger charge is 2.20. The predicted octanol–water partition coefficient (Wildman–Crippen LogP) is 0.900. The Kier molecular flexibility index (Phi) is 3.93. The van der Waals surface area contributed by atoms with Crippen LogP contribution in [0.3, 0.4) is 0 Å². The minimum absolute atomic E-state index is 0.214. The average molecular weight is 242 g/mol. The average Bonchev–Trinajstić information content (AvgIpc) is 2.30. The number of methoxy groups -OCH3 is 1. The van der Waals surface area contributed by atoms with Gasteiger partial charge in [-0.2, -0.15) is 5.26 Å². The number of alkyl halides is 2. The third-order valence-corrected chi connectivity index (χ3v) is 2.07. The maximum atomic E-state index is 12.6. The minimum Gasteiger partial charge on any atom is -0.469 e. The Morgan fingerprint density at radius 2 is 2.29 bits per heavy atom. The molecule has 0 fully saturated rings. The van der Waals surface area contributed by atoms with Crippen LogP contribution in [0.2, 0.25) is 0 Å². The normalized spacial score (nSPS) is 10.1. The van der Waals surface area contributed by atoms with E-state index in [0.717, 1.165) is 13.2 Å². The Labute approximate surface area is 94.6 Å². The molecule has 0 atom stereocenters. The summed E-state index contributed by atoms with van der Waals surface area (Å²) in [6, 6.07) is 2.47. The van der Waals surface area contributed by atoms with Crippen LogP contribution in [-0.4, -0.2) is 18.1 Å². The zero-order valence-corrected chi connectivity index (χ0v) is 8.79. The third-order valence-electron chi connectivity index (χ3n) is 2.07. The van der Waals surface area contributed by atoms with Gasteiger partial charge in [-0.15, -0.1) is 0 Å². The summed E-state index contributed by atoms with van der Waals surface area (Å²) < 4.78 is 29.6. The molecule has 1 heterocycles. The molecule has 7 heteroatoms. The van der Waals surface area contributed by atoms with Crippen LogP contribution in [0.4, 0.5) is 8.78 Å². The van der Waals surface area contributed by atoms with Crippen molar-refractivity contribution >= 4 is 5.97 Å². The van der Waals surface area contributed by atoms with Crippen molar-refractivity contribution in [3.05, 3.63) is 33.2 Å². The van der Waals surface area contributed by atoms with Gasteiger partial charge in [0, 0.05) is 11.6 Å². The highest BCUT2D eigenvalue weighted by molar-refractivity contribution is 5.73.